The van der Waals surface area contributed by atoms with Gasteiger partial charge in [-0.15, -0.1) is 0 Å². The maximum atomic E-state index is 13.6. The third kappa shape index (κ3) is 1.64. The van der Waals surface area contributed by atoms with E-state index < -0.39 is 0 Å². The highest BCUT2D eigenvalue weighted by molar-refractivity contribution is 9.11. The summed E-state index contributed by atoms with van der Waals surface area (Å²) in [6.45, 7) is 0. The van der Waals surface area contributed by atoms with Crippen LogP contribution in [0.15, 0.2) is 27.3 Å². The number of pyridine rings is 1. The van der Waals surface area contributed by atoms with Crippen molar-refractivity contribution in [1.29, 1.82) is 5.26 Å². The number of rotatable bonds is 0. The van der Waals surface area contributed by atoms with Gasteiger partial charge in [0, 0.05) is 25.9 Å². The van der Waals surface area contributed by atoms with Crippen LogP contribution in [0.4, 0.5) is 4.39 Å². The number of nitriles is 1. The smallest absolute Gasteiger partial charge is 0.149 e. The van der Waals surface area contributed by atoms with Gasteiger partial charge in [0.2, 0.25) is 0 Å². The molecule has 0 radical (unpaired) electrons. The van der Waals surface area contributed by atoms with Crippen LogP contribution in [0.2, 0.25) is 0 Å². The number of hydrogen-bond acceptors (Lipinski definition) is 2. The summed E-state index contributed by atoms with van der Waals surface area (Å²) in [5.74, 6) is -0.376. The van der Waals surface area contributed by atoms with Crippen molar-refractivity contribution in [3.63, 3.8) is 0 Å². The highest BCUT2D eigenvalue weighted by Gasteiger charge is 2.12. The Labute approximate surface area is 102 Å². The second-order valence-corrected chi connectivity index (χ2v) is 4.55. The van der Waals surface area contributed by atoms with Crippen LogP contribution < -0.4 is 0 Å². The van der Waals surface area contributed by atoms with Gasteiger partial charge in [0.05, 0.1) is 0 Å². The Hall–Kier alpha value is -0.990. The van der Waals surface area contributed by atoms with E-state index in [4.69, 9.17) is 5.26 Å². The second kappa shape index (κ2) is 3.87. The summed E-state index contributed by atoms with van der Waals surface area (Å²) in [5, 5.41) is 9.73. The average Bonchev–Trinajstić information content (AvgIpc) is 2.23. The molecule has 0 amide bonds. The summed E-state index contributed by atoms with van der Waals surface area (Å²) >= 11 is 6.49. The molecule has 0 spiro atoms. The third-order valence-corrected chi connectivity index (χ3v) is 3.25. The molecular weight excluding hydrogens is 327 g/mol. The van der Waals surface area contributed by atoms with E-state index in [1.54, 1.807) is 6.07 Å². The molecule has 1 aromatic carbocycles. The Morgan fingerprint density at radius 3 is 2.60 bits per heavy atom. The molecule has 0 aliphatic heterocycles. The van der Waals surface area contributed by atoms with E-state index in [0.29, 0.717) is 19.7 Å². The monoisotopic (exact) mass is 328 g/mol. The molecule has 1 aromatic heterocycles. The average molecular weight is 330 g/mol. The lowest BCUT2D eigenvalue weighted by Gasteiger charge is -2.05. The standard InChI is InChI=1S/C10H3Br2FN2/c11-5-1-2-7(13)9-6(12)4-15-8(3-14)10(5)9/h1-2,4H. The van der Waals surface area contributed by atoms with Gasteiger partial charge < -0.3 is 0 Å². The molecule has 0 bridgehead atoms. The Kier molecular flexibility index (Phi) is 2.72. The largest absolute Gasteiger partial charge is 0.244 e. The third-order valence-electron chi connectivity index (χ3n) is 1.99. The van der Waals surface area contributed by atoms with E-state index in [2.05, 4.69) is 36.8 Å². The molecule has 74 valence electrons. The zero-order chi connectivity index (χ0) is 11.0. The first-order valence-electron chi connectivity index (χ1n) is 3.97. The van der Waals surface area contributed by atoms with E-state index >= 15 is 0 Å². The first-order chi connectivity index (χ1) is 7.15. The van der Waals surface area contributed by atoms with E-state index in [0.717, 1.165) is 0 Å². The molecular formula is C10H3Br2FN2. The quantitative estimate of drug-likeness (QED) is 0.737. The summed E-state index contributed by atoms with van der Waals surface area (Å²) in [5.41, 5.74) is 0.208. The van der Waals surface area contributed by atoms with Crippen molar-refractivity contribution in [2.24, 2.45) is 0 Å². The van der Waals surface area contributed by atoms with Crippen molar-refractivity contribution in [2.45, 2.75) is 0 Å². The zero-order valence-corrected chi connectivity index (χ0v) is 10.4. The first-order valence-corrected chi connectivity index (χ1v) is 5.56. The number of nitrogens with zero attached hydrogens (tertiary/aromatic N) is 2. The van der Waals surface area contributed by atoms with Crippen LogP contribution in [0.25, 0.3) is 10.8 Å². The molecule has 5 heteroatoms. The fraction of sp³-hybridized carbons (Fsp3) is 0. The SMILES string of the molecule is N#Cc1ncc(Br)c2c(F)ccc(Br)c12. The van der Waals surface area contributed by atoms with Gasteiger partial charge in [0.1, 0.15) is 17.6 Å². The number of benzene rings is 1. The van der Waals surface area contributed by atoms with Crippen molar-refractivity contribution in [3.05, 3.63) is 38.8 Å². The van der Waals surface area contributed by atoms with Crippen molar-refractivity contribution >= 4 is 42.6 Å². The van der Waals surface area contributed by atoms with Gasteiger partial charge >= 0.3 is 0 Å². The molecule has 0 saturated heterocycles. The van der Waals surface area contributed by atoms with Crippen molar-refractivity contribution in [2.75, 3.05) is 0 Å². The molecule has 15 heavy (non-hydrogen) atoms. The molecule has 0 atom stereocenters. The fourth-order valence-corrected chi connectivity index (χ4v) is 2.36. The molecule has 0 unspecified atom stereocenters. The minimum atomic E-state index is -0.376. The Balaban J connectivity index is 3.07. The minimum Gasteiger partial charge on any atom is -0.244 e. The Morgan fingerprint density at radius 1 is 1.20 bits per heavy atom. The van der Waals surface area contributed by atoms with Crippen LogP contribution in [0.1, 0.15) is 5.69 Å². The number of hydrogen-bond donors (Lipinski definition) is 0. The van der Waals surface area contributed by atoms with Crippen LogP contribution in [0, 0.1) is 17.1 Å². The maximum Gasteiger partial charge on any atom is 0.149 e. The van der Waals surface area contributed by atoms with E-state index in [9.17, 15) is 4.39 Å². The van der Waals surface area contributed by atoms with Gasteiger partial charge in [-0.05, 0) is 28.1 Å². The molecule has 0 saturated carbocycles. The summed E-state index contributed by atoms with van der Waals surface area (Å²) < 4.78 is 14.7. The van der Waals surface area contributed by atoms with Crippen LogP contribution >= 0.6 is 31.9 Å². The van der Waals surface area contributed by atoms with Crippen LogP contribution in [0.3, 0.4) is 0 Å². The molecule has 0 aliphatic rings. The number of halogens is 3. The zero-order valence-electron chi connectivity index (χ0n) is 7.26. The van der Waals surface area contributed by atoms with Gasteiger partial charge in [-0.3, -0.25) is 0 Å². The summed E-state index contributed by atoms with van der Waals surface area (Å²) in [4.78, 5) is 3.92. The second-order valence-electron chi connectivity index (χ2n) is 2.85. The molecule has 0 fully saturated rings. The van der Waals surface area contributed by atoms with Crippen LogP contribution in [-0.4, -0.2) is 4.98 Å². The number of fused-ring (bicyclic) bond motifs is 1. The van der Waals surface area contributed by atoms with Gasteiger partial charge in [0.15, 0.2) is 0 Å². The molecule has 2 rings (SSSR count). The van der Waals surface area contributed by atoms with Crippen molar-refractivity contribution in [3.8, 4) is 6.07 Å². The van der Waals surface area contributed by atoms with E-state index in [-0.39, 0.29) is 11.5 Å². The van der Waals surface area contributed by atoms with Crippen molar-refractivity contribution < 1.29 is 4.39 Å². The van der Waals surface area contributed by atoms with Gasteiger partial charge in [-0.25, -0.2) is 9.37 Å². The predicted molar refractivity (Wildman–Crippen MR) is 61.8 cm³/mol. The topological polar surface area (TPSA) is 36.7 Å². The summed E-state index contributed by atoms with van der Waals surface area (Å²) in [7, 11) is 0. The lowest BCUT2D eigenvalue weighted by molar-refractivity contribution is 0.639. The van der Waals surface area contributed by atoms with Crippen LogP contribution in [-0.2, 0) is 0 Å². The van der Waals surface area contributed by atoms with Crippen LogP contribution in [0.5, 0.6) is 0 Å². The minimum absolute atomic E-state index is 0.208. The molecule has 2 nitrogen and oxygen atoms in total. The molecule has 0 N–H and O–H groups in total. The van der Waals surface area contributed by atoms with Crippen molar-refractivity contribution in [1.82, 2.24) is 4.98 Å². The molecule has 2 aromatic rings. The predicted octanol–water partition coefficient (Wildman–Crippen LogP) is 3.77. The van der Waals surface area contributed by atoms with E-state index in [1.807, 2.05) is 6.07 Å². The summed E-state index contributed by atoms with van der Waals surface area (Å²) in [6, 6.07) is 4.84. The normalized spacial score (nSPS) is 10.3. The lowest BCUT2D eigenvalue weighted by Crippen LogP contribution is -1.90. The van der Waals surface area contributed by atoms with Gasteiger partial charge in [0.25, 0.3) is 0 Å². The Morgan fingerprint density at radius 2 is 1.93 bits per heavy atom. The van der Waals surface area contributed by atoms with Gasteiger partial charge in [-0.1, -0.05) is 15.9 Å². The Bertz CT molecular complexity index is 582. The fourth-order valence-electron chi connectivity index (χ4n) is 1.35. The van der Waals surface area contributed by atoms with Gasteiger partial charge in [-0.2, -0.15) is 5.26 Å². The molecule has 1 heterocycles. The van der Waals surface area contributed by atoms with E-state index in [1.165, 1.54) is 12.3 Å². The highest BCUT2D eigenvalue weighted by Crippen LogP contribution is 2.32. The first kappa shape index (κ1) is 10.5. The highest BCUT2D eigenvalue weighted by atomic mass is 79.9. The lowest BCUT2D eigenvalue weighted by atomic mass is 10.1. The summed E-state index contributed by atoms with van der Waals surface area (Å²) in [6.07, 6.45) is 1.43. The maximum absolute atomic E-state index is 13.6. The molecule has 0 aliphatic carbocycles. The number of aromatic nitrogens is 1.